The van der Waals surface area contributed by atoms with Gasteiger partial charge >= 0.3 is 0 Å². The summed E-state index contributed by atoms with van der Waals surface area (Å²) < 4.78 is 12.7. The molecule has 2 aromatic rings. The van der Waals surface area contributed by atoms with E-state index in [0.717, 1.165) is 30.3 Å². The molecule has 1 amide bonds. The number of amides is 1. The second kappa shape index (κ2) is 6.05. The topological polar surface area (TPSA) is 73.4 Å². The summed E-state index contributed by atoms with van der Waals surface area (Å²) in [5.74, 6) is 1.34. The van der Waals surface area contributed by atoms with E-state index in [4.69, 9.17) is 9.15 Å². The van der Waals surface area contributed by atoms with Crippen LogP contribution in [0.1, 0.15) is 46.4 Å². The molecule has 7 heteroatoms. The van der Waals surface area contributed by atoms with Gasteiger partial charge in [-0.25, -0.2) is 4.68 Å². The van der Waals surface area contributed by atoms with E-state index in [9.17, 15) is 4.79 Å². The third-order valence-electron chi connectivity index (χ3n) is 4.95. The lowest BCUT2D eigenvalue weighted by Gasteiger charge is -2.34. The highest BCUT2D eigenvalue weighted by Gasteiger charge is 2.36. The van der Waals surface area contributed by atoms with Crippen molar-refractivity contribution < 1.29 is 13.9 Å². The molecule has 128 valence electrons. The highest BCUT2D eigenvalue weighted by atomic mass is 16.5. The molecular weight excluding hydrogens is 308 g/mol. The van der Waals surface area contributed by atoms with E-state index in [1.807, 2.05) is 9.58 Å². The quantitative estimate of drug-likeness (QED) is 0.838. The van der Waals surface area contributed by atoms with E-state index in [0.29, 0.717) is 24.5 Å². The summed E-state index contributed by atoms with van der Waals surface area (Å²) in [6.45, 7) is 3.80. The zero-order chi connectivity index (χ0) is 16.7. The standard InChI is InChI=1S/C17H22N4O3/c1-11-13(6-8-24-11)17(22)20-7-5-14-16(15(20)10-23-2)18-19-21(14)9-12-3-4-12/h6,8,12,15H,3-5,7,9-10H2,1-2H3. The molecule has 2 aliphatic rings. The molecule has 1 aliphatic carbocycles. The maximum Gasteiger partial charge on any atom is 0.258 e. The number of hydrogen-bond donors (Lipinski definition) is 0. The SMILES string of the molecule is COCC1c2nnn(CC3CC3)c2CCN1C(=O)c1ccoc1C. The molecule has 7 nitrogen and oxygen atoms in total. The molecule has 2 aromatic heterocycles. The molecule has 1 aliphatic heterocycles. The van der Waals surface area contributed by atoms with Gasteiger partial charge in [-0.05, 0) is 31.7 Å². The van der Waals surface area contributed by atoms with E-state index >= 15 is 0 Å². The van der Waals surface area contributed by atoms with Gasteiger partial charge in [-0.3, -0.25) is 4.79 Å². The predicted molar refractivity (Wildman–Crippen MR) is 85.5 cm³/mol. The summed E-state index contributed by atoms with van der Waals surface area (Å²) in [7, 11) is 1.65. The van der Waals surface area contributed by atoms with Crippen molar-refractivity contribution >= 4 is 5.91 Å². The van der Waals surface area contributed by atoms with Crippen LogP contribution in [0.25, 0.3) is 0 Å². The molecule has 0 aromatic carbocycles. The zero-order valence-electron chi connectivity index (χ0n) is 14.1. The Bertz CT molecular complexity index is 747. The minimum atomic E-state index is -0.200. The van der Waals surface area contributed by atoms with Crippen LogP contribution in [0, 0.1) is 12.8 Å². The third-order valence-corrected chi connectivity index (χ3v) is 4.95. The van der Waals surface area contributed by atoms with Crippen molar-refractivity contribution in [2.45, 2.75) is 38.8 Å². The van der Waals surface area contributed by atoms with Crippen molar-refractivity contribution in [1.82, 2.24) is 19.9 Å². The molecule has 1 fully saturated rings. The molecule has 0 radical (unpaired) electrons. The smallest absolute Gasteiger partial charge is 0.258 e. The molecule has 0 spiro atoms. The van der Waals surface area contributed by atoms with E-state index in [2.05, 4.69) is 10.3 Å². The number of hydrogen-bond acceptors (Lipinski definition) is 5. The van der Waals surface area contributed by atoms with Crippen LogP contribution in [-0.2, 0) is 17.7 Å². The van der Waals surface area contributed by atoms with Crippen LogP contribution in [0.15, 0.2) is 16.7 Å². The second-order valence-corrected chi connectivity index (χ2v) is 6.66. The van der Waals surface area contributed by atoms with Gasteiger partial charge in [0.05, 0.1) is 24.1 Å². The van der Waals surface area contributed by atoms with E-state index < -0.39 is 0 Å². The highest BCUT2D eigenvalue weighted by Crippen LogP contribution is 2.34. The van der Waals surface area contributed by atoms with Crippen LogP contribution in [0.5, 0.6) is 0 Å². The lowest BCUT2D eigenvalue weighted by Crippen LogP contribution is -2.42. The first kappa shape index (κ1) is 15.4. The van der Waals surface area contributed by atoms with E-state index in [-0.39, 0.29) is 11.9 Å². The van der Waals surface area contributed by atoms with E-state index in [1.54, 1.807) is 26.4 Å². The number of fused-ring (bicyclic) bond motifs is 1. The monoisotopic (exact) mass is 330 g/mol. The van der Waals surface area contributed by atoms with Gasteiger partial charge in [0.2, 0.25) is 0 Å². The Balaban J connectivity index is 1.63. The number of furan rings is 1. The van der Waals surface area contributed by atoms with Crippen LogP contribution < -0.4 is 0 Å². The number of carbonyl (C=O) groups is 1. The maximum absolute atomic E-state index is 12.9. The van der Waals surface area contributed by atoms with Gasteiger partial charge in [0.25, 0.3) is 5.91 Å². The van der Waals surface area contributed by atoms with Crippen LogP contribution in [0.3, 0.4) is 0 Å². The lowest BCUT2D eigenvalue weighted by atomic mass is 10.0. The van der Waals surface area contributed by atoms with Crippen LogP contribution in [-0.4, -0.2) is 46.1 Å². The average Bonchev–Trinajstić information content (AvgIpc) is 3.14. The number of aromatic nitrogens is 3. The Morgan fingerprint density at radius 2 is 2.29 bits per heavy atom. The fourth-order valence-electron chi connectivity index (χ4n) is 3.42. The predicted octanol–water partition coefficient (Wildman–Crippen LogP) is 1.98. The van der Waals surface area contributed by atoms with Crippen molar-refractivity contribution in [2.75, 3.05) is 20.3 Å². The average molecular weight is 330 g/mol. The summed E-state index contributed by atoms with van der Waals surface area (Å²) in [6.07, 6.45) is 4.88. The summed E-state index contributed by atoms with van der Waals surface area (Å²) in [5, 5.41) is 8.73. The van der Waals surface area contributed by atoms with Gasteiger partial charge in [0.1, 0.15) is 17.5 Å². The number of rotatable bonds is 5. The molecule has 4 rings (SSSR count). The van der Waals surface area contributed by atoms with Crippen molar-refractivity contribution in [3.63, 3.8) is 0 Å². The van der Waals surface area contributed by atoms with Gasteiger partial charge in [0.15, 0.2) is 0 Å². The molecule has 1 atom stereocenters. The van der Waals surface area contributed by atoms with Crippen LogP contribution >= 0.6 is 0 Å². The fourth-order valence-corrected chi connectivity index (χ4v) is 3.42. The Labute approximate surface area is 140 Å². The summed E-state index contributed by atoms with van der Waals surface area (Å²) >= 11 is 0. The van der Waals surface area contributed by atoms with Crippen LogP contribution in [0.4, 0.5) is 0 Å². The Morgan fingerprint density at radius 1 is 1.46 bits per heavy atom. The number of carbonyl (C=O) groups excluding carboxylic acids is 1. The van der Waals surface area contributed by atoms with Gasteiger partial charge in [-0.2, -0.15) is 0 Å². The molecule has 0 N–H and O–H groups in total. The number of nitrogens with zero attached hydrogens (tertiary/aromatic N) is 4. The Morgan fingerprint density at radius 3 is 2.96 bits per heavy atom. The molecular formula is C17H22N4O3. The Hall–Kier alpha value is -2.15. The lowest BCUT2D eigenvalue weighted by molar-refractivity contribution is 0.0488. The van der Waals surface area contributed by atoms with Gasteiger partial charge < -0.3 is 14.1 Å². The highest BCUT2D eigenvalue weighted by molar-refractivity contribution is 5.95. The van der Waals surface area contributed by atoms with Crippen molar-refractivity contribution in [3.05, 3.63) is 35.0 Å². The van der Waals surface area contributed by atoms with Crippen molar-refractivity contribution in [1.29, 1.82) is 0 Å². The molecule has 1 unspecified atom stereocenters. The van der Waals surface area contributed by atoms with Gasteiger partial charge in [-0.15, -0.1) is 5.10 Å². The van der Waals surface area contributed by atoms with Gasteiger partial charge in [0, 0.05) is 26.6 Å². The fraction of sp³-hybridized carbons (Fsp3) is 0.588. The Kier molecular flexibility index (Phi) is 3.88. The zero-order valence-corrected chi connectivity index (χ0v) is 14.1. The molecule has 1 saturated carbocycles. The molecule has 3 heterocycles. The summed E-state index contributed by atoms with van der Waals surface area (Å²) in [5.41, 5.74) is 2.63. The summed E-state index contributed by atoms with van der Waals surface area (Å²) in [4.78, 5) is 14.8. The maximum atomic E-state index is 12.9. The second-order valence-electron chi connectivity index (χ2n) is 6.66. The minimum Gasteiger partial charge on any atom is -0.469 e. The number of methoxy groups -OCH3 is 1. The largest absolute Gasteiger partial charge is 0.469 e. The first-order valence-corrected chi connectivity index (χ1v) is 8.45. The number of aryl methyl sites for hydroxylation is 1. The normalized spacial score (nSPS) is 20.2. The molecule has 0 saturated heterocycles. The third kappa shape index (κ3) is 2.62. The minimum absolute atomic E-state index is 0.0364. The first-order valence-electron chi connectivity index (χ1n) is 8.45. The summed E-state index contributed by atoms with van der Waals surface area (Å²) in [6, 6.07) is 1.52. The van der Waals surface area contributed by atoms with Crippen molar-refractivity contribution in [3.8, 4) is 0 Å². The van der Waals surface area contributed by atoms with Gasteiger partial charge in [-0.1, -0.05) is 5.21 Å². The van der Waals surface area contributed by atoms with E-state index in [1.165, 1.54) is 12.8 Å². The van der Waals surface area contributed by atoms with Crippen LogP contribution in [0.2, 0.25) is 0 Å². The molecule has 0 bridgehead atoms. The number of ether oxygens (including phenoxy) is 1. The molecule has 24 heavy (non-hydrogen) atoms. The first-order chi connectivity index (χ1) is 11.7. The van der Waals surface area contributed by atoms with Crippen molar-refractivity contribution in [2.24, 2.45) is 5.92 Å².